The van der Waals surface area contributed by atoms with Crippen molar-refractivity contribution in [2.24, 2.45) is 12.8 Å². The number of halogens is 3. The van der Waals surface area contributed by atoms with Gasteiger partial charge in [0.15, 0.2) is 5.65 Å². The molecule has 0 aliphatic heterocycles. The second kappa shape index (κ2) is 10.0. The Labute approximate surface area is 218 Å². The topological polar surface area (TPSA) is 138 Å². The first-order valence-corrected chi connectivity index (χ1v) is 12.5. The fourth-order valence-electron chi connectivity index (χ4n) is 4.29. The van der Waals surface area contributed by atoms with Crippen LogP contribution >= 0.6 is 11.3 Å². The highest BCUT2D eigenvalue weighted by atomic mass is 32.1. The Morgan fingerprint density at radius 1 is 1.13 bits per heavy atom. The van der Waals surface area contributed by atoms with Gasteiger partial charge in [-0.2, -0.15) is 23.3 Å². The van der Waals surface area contributed by atoms with Crippen LogP contribution in [0.25, 0.3) is 21.6 Å². The number of fused-ring (bicyclic) bond motifs is 1. The third-order valence-corrected chi connectivity index (χ3v) is 7.28. The summed E-state index contributed by atoms with van der Waals surface area (Å²) in [6.45, 7) is 0. The Kier molecular flexibility index (Phi) is 6.73. The van der Waals surface area contributed by atoms with Crippen LogP contribution in [0.1, 0.15) is 51.4 Å². The Morgan fingerprint density at radius 3 is 2.50 bits per heavy atom. The number of alkyl halides is 3. The number of carbonyl (C=O) groups excluding carboxylic acids is 2. The first-order chi connectivity index (χ1) is 18.1. The van der Waals surface area contributed by atoms with Crippen molar-refractivity contribution in [1.29, 1.82) is 0 Å². The molecule has 0 bridgehead atoms. The summed E-state index contributed by atoms with van der Waals surface area (Å²) >= 11 is 1.01. The van der Waals surface area contributed by atoms with Gasteiger partial charge in [0.05, 0.1) is 11.8 Å². The Bertz CT molecular complexity index is 1490. The molecule has 0 spiro atoms. The van der Waals surface area contributed by atoms with E-state index in [1.165, 1.54) is 12.1 Å². The lowest BCUT2D eigenvalue weighted by Crippen LogP contribution is -2.39. The zero-order valence-corrected chi connectivity index (χ0v) is 20.8. The lowest BCUT2D eigenvalue weighted by atomic mass is 9.93. The number of hydrogen-bond acceptors (Lipinski definition) is 8. The van der Waals surface area contributed by atoms with E-state index < -0.39 is 23.6 Å². The minimum atomic E-state index is -4.43. The van der Waals surface area contributed by atoms with Crippen molar-refractivity contribution in [2.45, 2.75) is 44.0 Å². The molecule has 1 fully saturated rings. The zero-order valence-electron chi connectivity index (χ0n) is 20.0. The molecule has 0 radical (unpaired) electrons. The van der Waals surface area contributed by atoms with E-state index in [0.29, 0.717) is 47.3 Å². The van der Waals surface area contributed by atoms with Crippen LogP contribution < -0.4 is 15.8 Å². The number of amides is 2. The predicted octanol–water partition coefficient (Wildman–Crippen LogP) is 3.72. The van der Waals surface area contributed by atoms with Gasteiger partial charge in [-0.15, -0.1) is 10.2 Å². The van der Waals surface area contributed by atoms with Crippen LogP contribution in [0.5, 0.6) is 5.88 Å². The number of rotatable bonds is 6. The average molecular weight is 546 g/mol. The Hall–Kier alpha value is -4.07. The minimum Gasteiger partial charge on any atom is -0.474 e. The molecule has 4 aromatic rings. The van der Waals surface area contributed by atoms with Crippen molar-refractivity contribution in [2.75, 3.05) is 0 Å². The van der Waals surface area contributed by atoms with Gasteiger partial charge in [0.2, 0.25) is 10.9 Å². The van der Waals surface area contributed by atoms with Gasteiger partial charge in [0.25, 0.3) is 11.8 Å². The first-order valence-electron chi connectivity index (χ1n) is 11.7. The van der Waals surface area contributed by atoms with Gasteiger partial charge < -0.3 is 15.8 Å². The predicted molar refractivity (Wildman–Crippen MR) is 132 cm³/mol. The summed E-state index contributed by atoms with van der Waals surface area (Å²) in [5, 5.41) is 16.1. The van der Waals surface area contributed by atoms with Crippen molar-refractivity contribution in [1.82, 2.24) is 30.3 Å². The molecule has 3 N–H and O–H groups in total. The zero-order chi connectivity index (χ0) is 27.0. The maximum absolute atomic E-state index is 12.8. The summed E-state index contributed by atoms with van der Waals surface area (Å²) in [6, 6.07) is 6.03. The van der Waals surface area contributed by atoms with E-state index in [1.807, 2.05) is 0 Å². The molecule has 2 amide bonds. The minimum absolute atomic E-state index is 0.121. The van der Waals surface area contributed by atoms with E-state index in [-0.39, 0.29) is 28.6 Å². The van der Waals surface area contributed by atoms with Crippen molar-refractivity contribution in [3.05, 3.63) is 52.7 Å². The van der Waals surface area contributed by atoms with E-state index in [0.717, 1.165) is 23.5 Å². The number of nitrogens with zero attached hydrogens (tertiary/aromatic N) is 5. The van der Waals surface area contributed by atoms with Crippen molar-refractivity contribution < 1.29 is 27.5 Å². The van der Waals surface area contributed by atoms with Crippen molar-refractivity contribution in [3.8, 4) is 16.5 Å². The van der Waals surface area contributed by atoms with Gasteiger partial charge in [-0.1, -0.05) is 23.5 Å². The molecule has 1 aliphatic carbocycles. The molecule has 10 nitrogen and oxygen atoms in total. The highest BCUT2D eigenvalue weighted by Gasteiger charge is 2.30. The third kappa shape index (κ3) is 5.30. The summed E-state index contributed by atoms with van der Waals surface area (Å²) in [7, 11) is 1.74. The fraction of sp³-hybridized carbons (Fsp3) is 0.333. The van der Waals surface area contributed by atoms with E-state index in [2.05, 4.69) is 25.6 Å². The van der Waals surface area contributed by atoms with Crippen LogP contribution in [0.4, 0.5) is 13.2 Å². The van der Waals surface area contributed by atoms with Gasteiger partial charge in [0, 0.05) is 24.0 Å². The van der Waals surface area contributed by atoms with Gasteiger partial charge >= 0.3 is 6.18 Å². The van der Waals surface area contributed by atoms with Crippen LogP contribution in [0.2, 0.25) is 0 Å². The molecule has 0 unspecified atom stereocenters. The molecule has 198 valence electrons. The number of primary amides is 1. The smallest absolute Gasteiger partial charge is 0.416 e. The normalized spacial score (nSPS) is 17.9. The standard InChI is InChI=1S/C24H22F3N7O3S/c1-34-19-13(11-29-34)10-17(18(28)35)21(31-19)37-16-8-6-15(7-9-16)30-20(36)23-33-32-22(38-23)12-2-4-14(5-3-12)24(25,26)27/h2-5,10-11,15-16H,6-9H2,1H3,(H2,28,35)(H,30,36). The van der Waals surface area contributed by atoms with E-state index in [9.17, 15) is 22.8 Å². The average Bonchev–Trinajstić information content (AvgIpc) is 3.52. The third-order valence-electron chi connectivity index (χ3n) is 6.30. The molecule has 38 heavy (non-hydrogen) atoms. The number of aryl methyl sites for hydroxylation is 1. The van der Waals surface area contributed by atoms with Crippen LogP contribution in [-0.2, 0) is 13.2 Å². The van der Waals surface area contributed by atoms with Gasteiger partial charge in [-0.25, -0.2) is 0 Å². The lowest BCUT2D eigenvalue weighted by Gasteiger charge is -2.29. The van der Waals surface area contributed by atoms with Gasteiger partial charge in [-0.05, 0) is 43.9 Å². The molecular formula is C24H22F3N7O3S. The summed E-state index contributed by atoms with van der Waals surface area (Å²) in [6.07, 6.45) is -0.574. The molecule has 3 heterocycles. The van der Waals surface area contributed by atoms with Crippen LogP contribution in [0.3, 0.4) is 0 Å². The van der Waals surface area contributed by atoms with E-state index >= 15 is 0 Å². The summed E-state index contributed by atoms with van der Waals surface area (Å²) in [4.78, 5) is 29.1. The molecule has 14 heteroatoms. The number of pyridine rings is 1. The van der Waals surface area contributed by atoms with Crippen LogP contribution in [-0.4, -0.2) is 48.9 Å². The number of nitrogens with one attached hydrogen (secondary N) is 1. The molecular weight excluding hydrogens is 523 g/mol. The largest absolute Gasteiger partial charge is 0.474 e. The second-order valence-electron chi connectivity index (χ2n) is 8.94. The van der Waals surface area contributed by atoms with E-state index in [4.69, 9.17) is 10.5 Å². The summed E-state index contributed by atoms with van der Waals surface area (Å²) in [5.74, 6) is -0.887. The number of benzene rings is 1. The van der Waals surface area contributed by atoms with Crippen molar-refractivity contribution in [3.63, 3.8) is 0 Å². The SMILES string of the molecule is Cn1ncc2cc(C(N)=O)c(OC3CCC(NC(=O)c4nnc(-c5ccc(C(F)(F)F)cc5)s4)CC3)nc21. The number of hydrogen-bond donors (Lipinski definition) is 2. The summed E-state index contributed by atoms with van der Waals surface area (Å²) in [5.41, 5.74) is 5.96. The second-order valence-corrected chi connectivity index (χ2v) is 9.92. The number of nitrogens with two attached hydrogens (primary N) is 1. The molecule has 1 aromatic carbocycles. The quantitative estimate of drug-likeness (QED) is 0.377. The molecule has 5 rings (SSSR count). The molecule has 1 saturated carbocycles. The van der Waals surface area contributed by atoms with Crippen molar-refractivity contribution >= 4 is 34.2 Å². The number of ether oxygens (including phenoxy) is 1. The maximum Gasteiger partial charge on any atom is 0.416 e. The maximum atomic E-state index is 12.8. The fourth-order valence-corrected chi connectivity index (χ4v) is 5.04. The lowest BCUT2D eigenvalue weighted by molar-refractivity contribution is -0.137. The van der Waals surface area contributed by atoms with Gasteiger partial charge in [-0.3, -0.25) is 14.3 Å². The van der Waals surface area contributed by atoms with E-state index in [1.54, 1.807) is 24.0 Å². The molecule has 3 aromatic heterocycles. The number of carbonyl (C=O) groups is 2. The highest BCUT2D eigenvalue weighted by molar-refractivity contribution is 7.16. The molecule has 1 aliphatic rings. The van der Waals surface area contributed by atoms with Gasteiger partial charge in [0.1, 0.15) is 16.7 Å². The van der Waals surface area contributed by atoms with Crippen LogP contribution in [0.15, 0.2) is 36.5 Å². The number of aromatic nitrogens is 5. The Morgan fingerprint density at radius 2 is 1.84 bits per heavy atom. The molecule has 0 saturated heterocycles. The first kappa shape index (κ1) is 25.6. The molecule has 0 atom stereocenters. The monoisotopic (exact) mass is 545 g/mol. The summed E-state index contributed by atoms with van der Waals surface area (Å²) < 4.78 is 46.0. The van der Waals surface area contributed by atoms with Crippen LogP contribution in [0, 0.1) is 0 Å². The Balaban J connectivity index is 1.18. The highest BCUT2D eigenvalue weighted by Crippen LogP contribution is 2.32.